The van der Waals surface area contributed by atoms with Gasteiger partial charge in [0.15, 0.2) is 11.5 Å². The van der Waals surface area contributed by atoms with E-state index >= 15 is 0 Å². The molecule has 0 fully saturated rings. The van der Waals surface area contributed by atoms with Crippen molar-refractivity contribution >= 4 is 25.6 Å². The minimum Gasteiger partial charge on any atom is -0.476 e. The second-order valence-electron chi connectivity index (χ2n) is 6.55. The van der Waals surface area contributed by atoms with Gasteiger partial charge in [-0.25, -0.2) is 18.9 Å². The molecule has 0 saturated carbocycles. The van der Waals surface area contributed by atoms with Gasteiger partial charge in [0.2, 0.25) is 0 Å². The lowest BCUT2D eigenvalue weighted by Crippen LogP contribution is -2.22. The molecule has 0 aliphatic carbocycles. The van der Waals surface area contributed by atoms with Gasteiger partial charge in [-0.2, -0.15) is 5.10 Å². The maximum Gasteiger partial charge on any atom is 0.356 e. The maximum absolute atomic E-state index is 14.0. The van der Waals surface area contributed by atoms with Crippen LogP contribution in [0.3, 0.4) is 0 Å². The monoisotopic (exact) mass is 371 g/mol. The molecule has 6 nitrogen and oxygen atoms in total. The predicted octanol–water partition coefficient (Wildman–Crippen LogP) is 3.75. The summed E-state index contributed by atoms with van der Waals surface area (Å²) in [5.41, 5.74) is 0.220. The minimum atomic E-state index is -1.24. The van der Waals surface area contributed by atoms with Crippen molar-refractivity contribution in [2.75, 3.05) is 6.61 Å². The number of hydrogen-bond donors (Lipinski definition) is 1. The Bertz CT molecular complexity index is 746. The molecular formula is C15H19ClFN3O3Si. The summed E-state index contributed by atoms with van der Waals surface area (Å²) in [4.78, 5) is 14.8. The highest BCUT2D eigenvalue weighted by atomic mass is 35.5. The lowest BCUT2D eigenvalue weighted by atomic mass is 10.2. The van der Waals surface area contributed by atoms with E-state index in [9.17, 15) is 9.18 Å². The van der Waals surface area contributed by atoms with Crippen LogP contribution in [-0.4, -0.2) is 40.5 Å². The fraction of sp³-hybridized carbons (Fsp3) is 0.400. The van der Waals surface area contributed by atoms with Gasteiger partial charge in [-0.3, -0.25) is 0 Å². The van der Waals surface area contributed by atoms with Crippen molar-refractivity contribution in [3.05, 3.63) is 35.0 Å². The Balaban J connectivity index is 2.26. The Morgan fingerprint density at radius 1 is 1.42 bits per heavy atom. The minimum absolute atomic E-state index is 0.0342. The van der Waals surface area contributed by atoms with E-state index in [0.29, 0.717) is 6.61 Å². The molecule has 2 aromatic heterocycles. The molecule has 130 valence electrons. The van der Waals surface area contributed by atoms with Gasteiger partial charge in [0, 0.05) is 20.2 Å². The number of aromatic carboxylic acids is 1. The van der Waals surface area contributed by atoms with E-state index in [-0.39, 0.29) is 28.8 Å². The summed E-state index contributed by atoms with van der Waals surface area (Å²) >= 11 is 5.81. The number of carboxylic acid groups (broad SMARTS) is 1. The average Bonchev–Trinajstić information content (AvgIpc) is 2.89. The quantitative estimate of drug-likeness (QED) is 0.455. The first-order valence-electron chi connectivity index (χ1n) is 7.38. The van der Waals surface area contributed by atoms with Gasteiger partial charge in [0.05, 0.1) is 11.9 Å². The molecule has 2 heterocycles. The van der Waals surface area contributed by atoms with E-state index in [1.54, 1.807) is 0 Å². The molecule has 0 amide bonds. The predicted molar refractivity (Wildman–Crippen MR) is 91.5 cm³/mol. The topological polar surface area (TPSA) is 77.2 Å². The summed E-state index contributed by atoms with van der Waals surface area (Å²) in [6, 6.07) is 3.59. The Kier molecular flexibility index (Phi) is 5.73. The zero-order valence-electron chi connectivity index (χ0n) is 13.7. The Hall–Kier alpha value is -1.77. The number of pyridine rings is 1. The molecule has 2 rings (SSSR count). The summed E-state index contributed by atoms with van der Waals surface area (Å²) in [6.45, 7) is 7.26. The molecule has 24 heavy (non-hydrogen) atoms. The number of nitrogens with zero attached hydrogens (tertiary/aromatic N) is 3. The summed E-state index contributed by atoms with van der Waals surface area (Å²) in [6.07, 6.45) is 0.988. The van der Waals surface area contributed by atoms with Crippen LogP contribution in [0.1, 0.15) is 10.5 Å². The SMILES string of the molecule is C[Si](C)(C)CCOCn1nc(C(=O)O)cc1-c1cc(Cl)ncc1F. The van der Waals surface area contributed by atoms with E-state index in [0.717, 1.165) is 12.2 Å². The molecule has 2 aromatic rings. The second kappa shape index (κ2) is 7.41. The van der Waals surface area contributed by atoms with E-state index in [1.165, 1.54) is 16.8 Å². The first-order chi connectivity index (χ1) is 11.2. The summed E-state index contributed by atoms with van der Waals surface area (Å²) < 4.78 is 21.0. The molecule has 1 N–H and O–H groups in total. The second-order valence-corrected chi connectivity index (χ2v) is 12.6. The van der Waals surface area contributed by atoms with E-state index < -0.39 is 19.9 Å². The molecule has 0 aliphatic rings. The van der Waals surface area contributed by atoms with Crippen molar-refractivity contribution < 1.29 is 19.0 Å². The molecule has 0 radical (unpaired) electrons. The van der Waals surface area contributed by atoms with Gasteiger partial charge in [0.25, 0.3) is 0 Å². The van der Waals surface area contributed by atoms with Crippen LogP contribution in [0, 0.1) is 5.82 Å². The molecule has 0 unspecified atom stereocenters. The van der Waals surface area contributed by atoms with Crippen molar-refractivity contribution in [1.29, 1.82) is 0 Å². The summed E-state index contributed by atoms with van der Waals surface area (Å²) in [5.74, 6) is -1.81. The normalized spacial score (nSPS) is 11.7. The molecule has 9 heteroatoms. The molecule has 0 aliphatic heterocycles. The van der Waals surface area contributed by atoms with Crippen molar-refractivity contribution in [3.8, 4) is 11.3 Å². The third-order valence-electron chi connectivity index (χ3n) is 3.31. The van der Waals surface area contributed by atoms with Crippen molar-refractivity contribution in [1.82, 2.24) is 14.8 Å². The largest absolute Gasteiger partial charge is 0.476 e. The Morgan fingerprint density at radius 2 is 2.12 bits per heavy atom. The number of hydrogen-bond acceptors (Lipinski definition) is 4. The van der Waals surface area contributed by atoms with Gasteiger partial charge in [-0.1, -0.05) is 31.2 Å². The molecule has 0 saturated heterocycles. The zero-order chi connectivity index (χ0) is 17.9. The highest BCUT2D eigenvalue weighted by Crippen LogP contribution is 2.26. The van der Waals surface area contributed by atoms with Crippen LogP contribution < -0.4 is 0 Å². The lowest BCUT2D eigenvalue weighted by molar-refractivity contribution is 0.0673. The van der Waals surface area contributed by atoms with Crippen molar-refractivity contribution in [2.24, 2.45) is 0 Å². The van der Waals surface area contributed by atoms with Crippen LogP contribution in [0.15, 0.2) is 18.3 Å². The third kappa shape index (κ3) is 4.86. The Labute approximate surface area is 145 Å². The fourth-order valence-electron chi connectivity index (χ4n) is 1.98. The number of halogens is 2. The molecule has 0 spiro atoms. The standard InChI is InChI=1S/C15H19ClFN3O3Si/c1-24(2,3)5-4-23-9-20-13(7-12(19-20)15(21)22)10-6-14(16)18-8-11(10)17/h6-8H,4-5,9H2,1-3H3,(H,21,22). The highest BCUT2D eigenvalue weighted by molar-refractivity contribution is 6.76. The van der Waals surface area contributed by atoms with Crippen LogP contribution in [0.4, 0.5) is 4.39 Å². The number of rotatable bonds is 7. The van der Waals surface area contributed by atoms with E-state index in [2.05, 4.69) is 29.7 Å². The summed E-state index contributed by atoms with van der Waals surface area (Å²) in [5, 5.41) is 13.2. The van der Waals surface area contributed by atoms with Crippen molar-refractivity contribution in [2.45, 2.75) is 32.4 Å². The van der Waals surface area contributed by atoms with Gasteiger partial charge in [0.1, 0.15) is 11.9 Å². The smallest absolute Gasteiger partial charge is 0.356 e. The number of aromatic nitrogens is 3. The van der Waals surface area contributed by atoms with Crippen LogP contribution in [0.2, 0.25) is 30.8 Å². The number of carbonyl (C=O) groups is 1. The van der Waals surface area contributed by atoms with Gasteiger partial charge >= 0.3 is 5.97 Å². The first kappa shape index (κ1) is 18.6. The summed E-state index contributed by atoms with van der Waals surface area (Å²) in [7, 11) is -1.24. The molecule has 0 aromatic carbocycles. The zero-order valence-corrected chi connectivity index (χ0v) is 15.5. The number of carboxylic acids is 1. The Morgan fingerprint density at radius 3 is 2.75 bits per heavy atom. The van der Waals surface area contributed by atoms with E-state index in [4.69, 9.17) is 21.4 Å². The van der Waals surface area contributed by atoms with Gasteiger partial charge in [-0.05, 0) is 18.2 Å². The maximum atomic E-state index is 14.0. The number of ether oxygens (including phenoxy) is 1. The molecule has 0 atom stereocenters. The molecule has 0 bridgehead atoms. The first-order valence-corrected chi connectivity index (χ1v) is 11.5. The average molecular weight is 372 g/mol. The van der Waals surface area contributed by atoms with Crippen LogP contribution >= 0.6 is 11.6 Å². The van der Waals surface area contributed by atoms with E-state index in [1.807, 2.05) is 0 Å². The molecular weight excluding hydrogens is 353 g/mol. The third-order valence-corrected chi connectivity index (χ3v) is 5.22. The van der Waals surface area contributed by atoms with Gasteiger partial charge in [-0.15, -0.1) is 0 Å². The van der Waals surface area contributed by atoms with Crippen LogP contribution in [0.5, 0.6) is 0 Å². The van der Waals surface area contributed by atoms with Gasteiger partial charge < -0.3 is 9.84 Å². The highest BCUT2D eigenvalue weighted by Gasteiger charge is 2.18. The van der Waals surface area contributed by atoms with Crippen LogP contribution in [-0.2, 0) is 11.5 Å². The fourth-order valence-corrected chi connectivity index (χ4v) is 2.89. The lowest BCUT2D eigenvalue weighted by Gasteiger charge is -2.16. The van der Waals surface area contributed by atoms with Crippen molar-refractivity contribution in [3.63, 3.8) is 0 Å². The van der Waals surface area contributed by atoms with Crippen LogP contribution in [0.25, 0.3) is 11.3 Å².